The van der Waals surface area contributed by atoms with Crippen LogP contribution in [0.15, 0.2) is 18.2 Å². The number of carbonyl (C=O) groups is 1. The third-order valence-electron chi connectivity index (χ3n) is 3.29. The summed E-state index contributed by atoms with van der Waals surface area (Å²) in [6, 6.07) is 5.09. The van der Waals surface area contributed by atoms with Crippen molar-refractivity contribution in [2.75, 3.05) is 7.11 Å². The summed E-state index contributed by atoms with van der Waals surface area (Å²) < 4.78 is 5.07. The van der Waals surface area contributed by atoms with E-state index >= 15 is 0 Å². The maximum absolute atomic E-state index is 11.2. The van der Waals surface area contributed by atoms with Gasteiger partial charge in [-0.25, -0.2) is 4.79 Å². The van der Waals surface area contributed by atoms with Gasteiger partial charge in [0.15, 0.2) is 5.60 Å². The maximum Gasteiger partial charge on any atom is 0.340 e. The van der Waals surface area contributed by atoms with Crippen molar-refractivity contribution < 1.29 is 19.7 Å². The fourth-order valence-corrected chi connectivity index (χ4v) is 2.31. The lowest BCUT2D eigenvalue weighted by atomic mass is 9.89. The summed E-state index contributed by atoms with van der Waals surface area (Å²) in [7, 11) is 1.56. The first kappa shape index (κ1) is 11.0. The van der Waals surface area contributed by atoms with E-state index in [4.69, 9.17) is 9.84 Å². The highest BCUT2D eigenvalue weighted by Crippen LogP contribution is 2.42. The first-order chi connectivity index (χ1) is 7.50. The fourth-order valence-electron chi connectivity index (χ4n) is 2.31. The molecular weight excluding hydrogens is 208 g/mol. The minimum absolute atomic E-state index is 0.327. The van der Waals surface area contributed by atoms with Gasteiger partial charge in [-0.3, -0.25) is 0 Å². The number of ether oxygens (including phenoxy) is 1. The van der Waals surface area contributed by atoms with Gasteiger partial charge in [0.2, 0.25) is 0 Å². The van der Waals surface area contributed by atoms with Crippen LogP contribution in [-0.2, 0) is 16.8 Å². The summed E-state index contributed by atoms with van der Waals surface area (Å²) in [6.45, 7) is 1.74. The minimum Gasteiger partial charge on any atom is -0.497 e. The van der Waals surface area contributed by atoms with Crippen molar-refractivity contribution >= 4 is 5.97 Å². The highest BCUT2D eigenvalue weighted by atomic mass is 16.5. The average Bonchev–Trinajstić information content (AvgIpc) is 2.52. The minimum atomic E-state index is -1.76. The third kappa shape index (κ3) is 1.30. The molecule has 4 heteroatoms. The lowest BCUT2D eigenvalue weighted by Gasteiger charge is -2.23. The Hall–Kier alpha value is -1.55. The predicted octanol–water partition coefficient (Wildman–Crippen LogP) is 1.16. The van der Waals surface area contributed by atoms with E-state index in [1.807, 2.05) is 0 Å². The normalized spacial score (nSPS) is 27.6. The fraction of sp³-hybridized carbons (Fsp3) is 0.417. The van der Waals surface area contributed by atoms with Crippen molar-refractivity contribution in [3.05, 3.63) is 29.3 Å². The first-order valence-corrected chi connectivity index (χ1v) is 5.13. The molecule has 0 radical (unpaired) electrons. The van der Waals surface area contributed by atoms with Crippen LogP contribution in [0.5, 0.6) is 5.75 Å². The first-order valence-electron chi connectivity index (χ1n) is 5.13. The second-order valence-corrected chi connectivity index (χ2v) is 4.20. The molecule has 0 saturated heterocycles. The van der Waals surface area contributed by atoms with Crippen LogP contribution in [0.25, 0.3) is 0 Å². The second kappa shape index (κ2) is 3.49. The van der Waals surface area contributed by atoms with E-state index in [9.17, 15) is 9.90 Å². The third-order valence-corrected chi connectivity index (χ3v) is 3.29. The van der Waals surface area contributed by atoms with E-state index in [1.165, 1.54) is 0 Å². The smallest absolute Gasteiger partial charge is 0.340 e. The molecule has 86 valence electrons. The number of aliphatic hydroxyl groups is 1. The summed E-state index contributed by atoms with van der Waals surface area (Å²) in [5, 5.41) is 19.3. The average molecular weight is 222 g/mol. The topological polar surface area (TPSA) is 66.8 Å². The van der Waals surface area contributed by atoms with Gasteiger partial charge in [0.05, 0.1) is 7.11 Å². The molecule has 0 heterocycles. The van der Waals surface area contributed by atoms with Gasteiger partial charge >= 0.3 is 5.97 Å². The van der Waals surface area contributed by atoms with Gasteiger partial charge in [0.1, 0.15) is 5.75 Å². The quantitative estimate of drug-likeness (QED) is 0.788. The van der Waals surface area contributed by atoms with Gasteiger partial charge in [0, 0.05) is 5.92 Å². The van der Waals surface area contributed by atoms with Gasteiger partial charge in [-0.2, -0.15) is 0 Å². The number of benzene rings is 1. The summed E-state index contributed by atoms with van der Waals surface area (Å²) in [5.74, 6) is -0.836. The Kier molecular flexibility index (Phi) is 2.39. The van der Waals surface area contributed by atoms with Gasteiger partial charge in [0.25, 0.3) is 0 Å². The predicted molar refractivity (Wildman–Crippen MR) is 57.4 cm³/mol. The summed E-state index contributed by atoms with van der Waals surface area (Å²) in [6.07, 6.45) is 0.551. The van der Waals surface area contributed by atoms with Crippen LogP contribution in [0, 0.1) is 5.92 Å². The number of methoxy groups -OCH3 is 1. The highest BCUT2D eigenvalue weighted by Gasteiger charge is 2.49. The van der Waals surface area contributed by atoms with Crippen molar-refractivity contribution in [2.24, 2.45) is 5.92 Å². The van der Waals surface area contributed by atoms with Crippen LogP contribution in [0.2, 0.25) is 0 Å². The Labute approximate surface area is 93.5 Å². The molecule has 0 aliphatic heterocycles. The second-order valence-electron chi connectivity index (χ2n) is 4.20. The molecule has 1 aliphatic carbocycles. The summed E-state index contributed by atoms with van der Waals surface area (Å²) >= 11 is 0. The standard InChI is InChI=1S/C12H14O4/c1-7-5-8-6-9(16-2)3-4-10(8)12(7,15)11(13)14/h3-4,6-7,15H,5H2,1-2H3,(H,13,14). The Morgan fingerprint density at radius 2 is 2.25 bits per heavy atom. The van der Waals surface area contributed by atoms with Gasteiger partial charge in [-0.15, -0.1) is 0 Å². The molecule has 1 aromatic rings. The number of carboxylic acid groups (broad SMARTS) is 1. The zero-order valence-corrected chi connectivity index (χ0v) is 9.23. The molecule has 0 amide bonds. The van der Waals surface area contributed by atoms with Crippen molar-refractivity contribution in [2.45, 2.75) is 18.9 Å². The molecule has 1 aliphatic rings. The zero-order chi connectivity index (χ0) is 11.9. The van der Waals surface area contributed by atoms with E-state index in [2.05, 4.69) is 0 Å². The zero-order valence-electron chi connectivity index (χ0n) is 9.23. The Balaban J connectivity index is 2.54. The van der Waals surface area contributed by atoms with E-state index in [-0.39, 0.29) is 5.92 Å². The van der Waals surface area contributed by atoms with Crippen molar-refractivity contribution in [3.63, 3.8) is 0 Å². The number of fused-ring (bicyclic) bond motifs is 1. The Morgan fingerprint density at radius 1 is 1.56 bits per heavy atom. The molecule has 0 bridgehead atoms. The number of hydrogen-bond acceptors (Lipinski definition) is 3. The van der Waals surface area contributed by atoms with Crippen LogP contribution >= 0.6 is 0 Å². The van der Waals surface area contributed by atoms with Crippen molar-refractivity contribution in [3.8, 4) is 5.75 Å². The lowest BCUT2D eigenvalue weighted by molar-refractivity contribution is -0.164. The SMILES string of the molecule is COc1ccc2c(c1)CC(C)C2(O)C(=O)O. The van der Waals surface area contributed by atoms with Crippen LogP contribution < -0.4 is 4.74 Å². The van der Waals surface area contributed by atoms with Crippen molar-refractivity contribution in [1.82, 2.24) is 0 Å². The molecule has 1 aromatic carbocycles. The molecule has 0 saturated carbocycles. The molecular formula is C12H14O4. The molecule has 2 unspecified atom stereocenters. The number of rotatable bonds is 2. The summed E-state index contributed by atoms with van der Waals surface area (Å²) in [4.78, 5) is 11.2. The lowest BCUT2D eigenvalue weighted by Crippen LogP contribution is -2.38. The van der Waals surface area contributed by atoms with Gasteiger partial charge < -0.3 is 14.9 Å². The van der Waals surface area contributed by atoms with Crippen LogP contribution in [-0.4, -0.2) is 23.3 Å². The Bertz CT molecular complexity index is 441. The van der Waals surface area contributed by atoms with E-state index in [0.29, 0.717) is 17.7 Å². The molecule has 16 heavy (non-hydrogen) atoms. The van der Waals surface area contributed by atoms with Gasteiger partial charge in [-0.1, -0.05) is 13.0 Å². The van der Waals surface area contributed by atoms with Crippen LogP contribution in [0.1, 0.15) is 18.1 Å². The number of hydrogen-bond donors (Lipinski definition) is 2. The molecule has 0 fully saturated rings. The molecule has 2 rings (SSSR count). The molecule has 0 aromatic heterocycles. The maximum atomic E-state index is 11.2. The van der Waals surface area contributed by atoms with E-state index < -0.39 is 11.6 Å². The Morgan fingerprint density at radius 3 is 2.81 bits per heavy atom. The highest BCUT2D eigenvalue weighted by molar-refractivity contribution is 5.81. The molecule has 4 nitrogen and oxygen atoms in total. The van der Waals surface area contributed by atoms with Crippen LogP contribution in [0.3, 0.4) is 0 Å². The molecule has 0 spiro atoms. The van der Waals surface area contributed by atoms with E-state index in [0.717, 1.165) is 5.56 Å². The number of carboxylic acids is 1. The van der Waals surface area contributed by atoms with Gasteiger partial charge in [-0.05, 0) is 29.7 Å². The van der Waals surface area contributed by atoms with Crippen LogP contribution in [0.4, 0.5) is 0 Å². The number of aliphatic carboxylic acids is 1. The molecule has 2 N–H and O–H groups in total. The monoisotopic (exact) mass is 222 g/mol. The van der Waals surface area contributed by atoms with Crippen molar-refractivity contribution in [1.29, 1.82) is 0 Å². The largest absolute Gasteiger partial charge is 0.497 e. The molecule has 2 atom stereocenters. The summed E-state index contributed by atoms with van der Waals surface area (Å²) in [5.41, 5.74) is -0.438. The van der Waals surface area contributed by atoms with E-state index in [1.54, 1.807) is 32.2 Å².